The highest BCUT2D eigenvalue weighted by atomic mass is 79.9. The molecule has 0 spiro atoms. The summed E-state index contributed by atoms with van der Waals surface area (Å²) < 4.78 is 38.3. The lowest BCUT2D eigenvalue weighted by Crippen LogP contribution is -2.25. The van der Waals surface area contributed by atoms with E-state index in [-0.39, 0.29) is 12.5 Å². The largest absolute Gasteiger partial charge is 0.416 e. The zero-order valence-corrected chi connectivity index (χ0v) is 13.3. The van der Waals surface area contributed by atoms with Gasteiger partial charge in [-0.1, -0.05) is 12.1 Å². The molecule has 0 aliphatic heterocycles. The molecule has 1 amide bonds. The molecule has 1 aromatic heterocycles. The first-order valence-electron chi connectivity index (χ1n) is 5.94. The Labute approximate surface area is 132 Å². The third-order valence-electron chi connectivity index (χ3n) is 2.83. The van der Waals surface area contributed by atoms with E-state index in [1.807, 2.05) is 0 Å². The van der Waals surface area contributed by atoms with Gasteiger partial charge in [0.05, 0.1) is 14.2 Å². The molecule has 0 atom stereocenters. The molecule has 0 bridgehead atoms. The van der Waals surface area contributed by atoms with Crippen LogP contribution in [0.2, 0.25) is 0 Å². The van der Waals surface area contributed by atoms with Crippen molar-refractivity contribution in [1.82, 2.24) is 4.90 Å². The summed E-state index contributed by atoms with van der Waals surface area (Å²) >= 11 is 4.60. The van der Waals surface area contributed by atoms with Crippen molar-refractivity contribution in [2.24, 2.45) is 0 Å². The summed E-state index contributed by atoms with van der Waals surface area (Å²) in [5.41, 5.74) is -0.0445. The highest BCUT2D eigenvalue weighted by molar-refractivity contribution is 9.11. The molecular formula is C14H11BrF3NOS. The third-order valence-corrected chi connectivity index (χ3v) is 4.44. The summed E-state index contributed by atoms with van der Waals surface area (Å²) in [4.78, 5) is 14.2. The zero-order valence-electron chi connectivity index (χ0n) is 10.9. The van der Waals surface area contributed by atoms with Crippen LogP contribution in [0.4, 0.5) is 13.2 Å². The second-order valence-corrected chi connectivity index (χ2v) is 6.92. The van der Waals surface area contributed by atoms with E-state index in [4.69, 9.17) is 0 Å². The van der Waals surface area contributed by atoms with E-state index >= 15 is 0 Å². The van der Waals surface area contributed by atoms with E-state index in [1.165, 1.54) is 28.4 Å². The van der Waals surface area contributed by atoms with Crippen LogP contribution >= 0.6 is 27.3 Å². The Hall–Kier alpha value is -1.34. The van der Waals surface area contributed by atoms with Crippen molar-refractivity contribution >= 4 is 33.2 Å². The molecule has 21 heavy (non-hydrogen) atoms. The Bertz CT molecular complexity index is 636. The maximum atomic E-state index is 12.5. The van der Waals surface area contributed by atoms with E-state index in [2.05, 4.69) is 15.9 Å². The molecule has 0 radical (unpaired) electrons. The van der Waals surface area contributed by atoms with Crippen LogP contribution in [0.15, 0.2) is 40.2 Å². The summed E-state index contributed by atoms with van der Waals surface area (Å²) in [6, 6.07) is 8.31. The minimum absolute atomic E-state index is 0.161. The van der Waals surface area contributed by atoms with Crippen molar-refractivity contribution in [1.29, 1.82) is 0 Å². The second kappa shape index (κ2) is 6.19. The highest BCUT2D eigenvalue weighted by Gasteiger charge is 2.30. The molecule has 2 nitrogen and oxygen atoms in total. The predicted octanol–water partition coefficient (Wildman–Crippen LogP) is 4.80. The number of rotatable bonds is 3. The van der Waals surface area contributed by atoms with Gasteiger partial charge in [-0.3, -0.25) is 4.79 Å². The Morgan fingerprint density at radius 1 is 1.19 bits per heavy atom. The molecule has 0 N–H and O–H groups in total. The lowest BCUT2D eigenvalue weighted by Gasteiger charge is -2.16. The standard InChI is InChI=1S/C14H11BrF3NOS/c1-19(13(20)11-6-7-12(15)21-11)8-9-2-4-10(5-3-9)14(16,17)18/h2-7H,8H2,1H3. The maximum Gasteiger partial charge on any atom is 0.416 e. The molecule has 0 unspecified atom stereocenters. The van der Waals surface area contributed by atoms with Gasteiger partial charge in [0.15, 0.2) is 0 Å². The number of hydrogen-bond donors (Lipinski definition) is 0. The van der Waals surface area contributed by atoms with Crippen molar-refractivity contribution in [3.8, 4) is 0 Å². The van der Waals surface area contributed by atoms with E-state index in [1.54, 1.807) is 19.2 Å². The van der Waals surface area contributed by atoms with Crippen LogP contribution in [0.3, 0.4) is 0 Å². The summed E-state index contributed by atoms with van der Waals surface area (Å²) in [7, 11) is 1.62. The number of halogens is 4. The van der Waals surface area contributed by atoms with Crippen LogP contribution in [-0.4, -0.2) is 17.9 Å². The predicted molar refractivity (Wildman–Crippen MR) is 79.3 cm³/mol. The van der Waals surface area contributed by atoms with Crippen molar-refractivity contribution in [2.45, 2.75) is 12.7 Å². The Balaban J connectivity index is 2.06. The first-order valence-corrected chi connectivity index (χ1v) is 7.55. The van der Waals surface area contributed by atoms with E-state index in [0.717, 1.165) is 15.9 Å². The number of amides is 1. The first kappa shape index (κ1) is 16.0. The lowest BCUT2D eigenvalue weighted by molar-refractivity contribution is -0.137. The zero-order chi connectivity index (χ0) is 15.6. The molecule has 2 aromatic rings. The number of carbonyl (C=O) groups excluding carboxylic acids is 1. The number of hydrogen-bond acceptors (Lipinski definition) is 2. The van der Waals surface area contributed by atoms with Gasteiger partial charge in [0, 0.05) is 13.6 Å². The smallest absolute Gasteiger partial charge is 0.337 e. The molecule has 0 fully saturated rings. The highest BCUT2D eigenvalue weighted by Crippen LogP contribution is 2.29. The van der Waals surface area contributed by atoms with Gasteiger partial charge in [0.25, 0.3) is 5.91 Å². The monoisotopic (exact) mass is 377 g/mol. The number of benzene rings is 1. The maximum absolute atomic E-state index is 12.5. The van der Waals surface area contributed by atoms with E-state index < -0.39 is 11.7 Å². The number of alkyl halides is 3. The van der Waals surface area contributed by atoms with Gasteiger partial charge in [-0.15, -0.1) is 11.3 Å². The van der Waals surface area contributed by atoms with E-state index in [9.17, 15) is 18.0 Å². The summed E-state index contributed by atoms with van der Waals surface area (Å²) in [6.07, 6.45) is -4.34. The normalized spacial score (nSPS) is 11.5. The fourth-order valence-electron chi connectivity index (χ4n) is 1.76. The van der Waals surface area contributed by atoms with E-state index in [0.29, 0.717) is 10.4 Å². The van der Waals surface area contributed by atoms with Crippen LogP contribution in [0.5, 0.6) is 0 Å². The van der Waals surface area contributed by atoms with Gasteiger partial charge in [-0.05, 0) is 45.8 Å². The molecule has 0 aliphatic rings. The Morgan fingerprint density at radius 3 is 2.29 bits per heavy atom. The quantitative estimate of drug-likeness (QED) is 0.751. The van der Waals surface area contributed by atoms with Gasteiger partial charge in [-0.25, -0.2) is 0 Å². The molecule has 1 heterocycles. The van der Waals surface area contributed by atoms with Crippen molar-refractivity contribution in [2.75, 3.05) is 7.05 Å². The van der Waals surface area contributed by atoms with Crippen LogP contribution in [-0.2, 0) is 12.7 Å². The van der Waals surface area contributed by atoms with Crippen LogP contribution in [0, 0.1) is 0 Å². The molecule has 112 valence electrons. The van der Waals surface area contributed by atoms with Crippen molar-refractivity contribution in [3.05, 3.63) is 56.2 Å². The number of thiophene rings is 1. The average molecular weight is 378 g/mol. The van der Waals surface area contributed by atoms with Gasteiger partial charge in [-0.2, -0.15) is 13.2 Å². The Kier molecular flexibility index (Phi) is 4.73. The average Bonchev–Trinajstić information content (AvgIpc) is 2.84. The fourth-order valence-corrected chi connectivity index (χ4v) is 3.14. The first-order chi connectivity index (χ1) is 9.77. The van der Waals surface area contributed by atoms with Gasteiger partial charge >= 0.3 is 6.18 Å². The molecule has 0 aliphatic carbocycles. The SMILES string of the molecule is CN(Cc1ccc(C(F)(F)F)cc1)C(=O)c1ccc(Br)s1. The fraction of sp³-hybridized carbons (Fsp3) is 0.214. The third kappa shape index (κ3) is 4.07. The minimum atomic E-state index is -4.34. The number of nitrogens with zero attached hydrogens (tertiary/aromatic N) is 1. The van der Waals surface area contributed by atoms with Crippen LogP contribution in [0.1, 0.15) is 20.8 Å². The molecule has 0 saturated heterocycles. The van der Waals surface area contributed by atoms with Crippen molar-refractivity contribution in [3.63, 3.8) is 0 Å². The molecule has 0 saturated carbocycles. The molecule has 1 aromatic carbocycles. The summed E-state index contributed by atoms with van der Waals surface area (Å²) in [6.45, 7) is 0.256. The minimum Gasteiger partial charge on any atom is -0.337 e. The molecular weight excluding hydrogens is 367 g/mol. The molecule has 2 rings (SSSR count). The van der Waals surface area contributed by atoms with Gasteiger partial charge in [0.2, 0.25) is 0 Å². The van der Waals surface area contributed by atoms with Crippen molar-refractivity contribution < 1.29 is 18.0 Å². The van der Waals surface area contributed by atoms with Crippen LogP contribution < -0.4 is 0 Å². The van der Waals surface area contributed by atoms with Gasteiger partial charge < -0.3 is 4.90 Å². The molecule has 7 heteroatoms. The summed E-state index contributed by atoms with van der Waals surface area (Å²) in [5, 5.41) is 0. The second-order valence-electron chi connectivity index (χ2n) is 4.46. The van der Waals surface area contributed by atoms with Crippen LogP contribution in [0.25, 0.3) is 0 Å². The number of carbonyl (C=O) groups is 1. The topological polar surface area (TPSA) is 20.3 Å². The Morgan fingerprint density at radius 2 is 1.81 bits per heavy atom. The lowest BCUT2D eigenvalue weighted by atomic mass is 10.1. The summed E-state index contributed by atoms with van der Waals surface area (Å²) in [5.74, 6) is -0.161. The van der Waals surface area contributed by atoms with Gasteiger partial charge in [0.1, 0.15) is 0 Å².